The monoisotopic (exact) mass is 232 g/mol. The van der Waals surface area contributed by atoms with Crippen LogP contribution in [0.1, 0.15) is 57.1 Å². The van der Waals surface area contributed by atoms with Crippen molar-refractivity contribution >= 4 is 0 Å². The molecule has 1 aliphatic carbocycles. The van der Waals surface area contributed by atoms with Crippen LogP contribution in [0.5, 0.6) is 0 Å². The summed E-state index contributed by atoms with van der Waals surface area (Å²) in [4.78, 5) is 4.23. The molecule has 1 aliphatic rings. The van der Waals surface area contributed by atoms with Gasteiger partial charge in [-0.1, -0.05) is 38.7 Å². The van der Waals surface area contributed by atoms with Crippen LogP contribution < -0.4 is 5.32 Å². The molecular weight excluding hydrogens is 208 g/mol. The molecule has 1 fully saturated rings. The predicted octanol–water partition coefficient (Wildman–Crippen LogP) is 3.70. The molecule has 2 nitrogen and oxygen atoms in total. The lowest BCUT2D eigenvalue weighted by Crippen LogP contribution is -2.21. The number of hydrogen-bond donors (Lipinski definition) is 1. The average Bonchev–Trinajstić information content (AvgIpc) is 2.88. The first kappa shape index (κ1) is 12.6. The van der Waals surface area contributed by atoms with Crippen LogP contribution >= 0.6 is 0 Å². The van der Waals surface area contributed by atoms with Gasteiger partial charge in [0, 0.05) is 18.4 Å². The molecule has 1 saturated carbocycles. The Kier molecular flexibility index (Phi) is 4.99. The van der Waals surface area contributed by atoms with Gasteiger partial charge in [0.05, 0.1) is 0 Å². The second-order valence-electron chi connectivity index (χ2n) is 5.12. The molecule has 0 radical (unpaired) electrons. The van der Waals surface area contributed by atoms with Gasteiger partial charge in [-0.05, 0) is 36.9 Å². The molecule has 2 rings (SSSR count). The van der Waals surface area contributed by atoms with E-state index in [4.69, 9.17) is 0 Å². The van der Waals surface area contributed by atoms with E-state index in [1.807, 2.05) is 18.5 Å². The summed E-state index contributed by atoms with van der Waals surface area (Å²) in [5.41, 5.74) is 1.34. The summed E-state index contributed by atoms with van der Waals surface area (Å²) in [5, 5.41) is 3.58. The highest BCUT2D eigenvalue weighted by Crippen LogP contribution is 2.31. The van der Waals surface area contributed by atoms with Gasteiger partial charge in [-0.25, -0.2) is 0 Å². The topological polar surface area (TPSA) is 24.9 Å². The molecule has 1 unspecified atom stereocenters. The normalized spacial score (nSPS) is 18.4. The number of hydrogen-bond acceptors (Lipinski definition) is 2. The summed E-state index contributed by atoms with van der Waals surface area (Å²) in [6.45, 7) is 3.21. The Morgan fingerprint density at radius 3 is 2.88 bits per heavy atom. The van der Waals surface area contributed by atoms with Crippen LogP contribution in [0.25, 0.3) is 0 Å². The van der Waals surface area contributed by atoms with E-state index in [0.29, 0.717) is 6.04 Å². The zero-order valence-electron chi connectivity index (χ0n) is 10.9. The average molecular weight is 232 g/mol. The first-order valence-corrected chi connectivity index (χ1v) is 7.03. The van der Waals surface area contributed by atoms with E-state index in [9.17, 15) is 0 Å². The van der Waals surface area contributed by atoms with Crippen LogP contribution in [0.3, 0.4) is 0 Å². The molecule has 1 heterocycles. The van der Waals surface area contributed by atoms with Crippen LogP contribution in [-0.2, 0) is 0 Å². The molecule has 0 amide bonds. The molecule has 0 spiro atoms. The van der Waals surface area contributed by atoms with Gasteiger partial charge in [-0.15, -0.1) is 0 Å². The summed E-state index contributed by atoms with van der Waals surface area (Å²) >= 11 is 0. The lowest BCUT2D eigenvalue weighted by molar-refractivity contribution is 0.416. The Bertz CT molecular complexity index is 304. The highest BCUT2D eigenvalue weighted by atomic mass is 14.9. The van der Waals surface area contributed by atoms with Crippen molar-refractivity contribution in [2.24, 2.45) is 5.92 Å². The van der Waals surface area contributed by atoms with Crippen molar-refractivity contribution in [1.29, 1.82) is 0 Å². The van der Waals surface area contributed by atoms with Gasteiger partial charge in [-0.3, -0.25) is 4.98 Å². The molecule has 0 bridgehead atoms. The summed E-state index contributed by atoms with van der Waals surface area (Å²) in [6, 6.07) is 4.72. The first-order chi connectivity index (χ1) is 8.40. The van der Waals surface area contributed by atoms with Crippen molar-refractivity contribution in [2.45, 2.75) is 51.5 Å². The molecule has 1 atom stereocenters. The summed E-state index contributed by atoms with van der Waals surface area (Å²) in [7, 11) is 0. The second kappa shape index (κ2) is 6.75. The Hall–Kier alpha value is -0.890. The van der Waals surface area contributed by atoms with E-state index in [1.54, 1.807) is 0 Å². The van der Waals surface area contributed by atoms with Crippen molar-refractivity contribution in [3.05, 3.63) is 30.1 Å². The molecule has 2 heteroatoms. The fourth-order valence-corrected chi connectivity index (χ4v) is 2.92. The van der Waals surface area contributed by atoms with Crippen LogP contribution in [-0.4, -0.2) is 11.5 Å². The lowest BCUT2D eigenvalue weighted by Gasteiger charge is -2.19. The van der Waals surface area contributed by atoms with E-state index < -0.39 is 0 Å². The van der Waals surface area contributed by atoms with Gasteiger partial charge in [0.1, 0.15) is 0 Å². The molecule has 17 heavy (non-hydrogen) atoms. The van der Waals surface area contributed by atoms with Crippen LogP contribution in [0.15, 0.2) is 24.5 Å². The summed E-state index contributed by atoms with van der Waals surface area (Å²) in [6.07, 6.45) is 12.3. The predicted molar refractivity (Wildman–Crippen MR) is 71.8 cm³/mol. The highest BCUT2D eigenvalue weighted by Gasteiger charge is 2.17. The largest absolute Gasteiger partial charge is 0.310 e. The van der Waals surface area contributed by atoms with Crippen molar-refractivity contribution in [3.8, 4) is 0 Å². The Morgan fingerprint density at radius 1 is 1.41 bits per heavy atom. The van der Waals surface area contributed by atoms with E-state index in [1.165, 1.54) is 44.1 Å². The maximum Gasteiger partial charge on any atom is 0.0335 e. The Morgan fingerprint density at radius 2 is 2.24 bits per heavy atom. The molecule has 1 aromatic rings. The number of pyridine rings is 1. The maximum absolute atomic E-state index is 4.23. The van der Waals surface area contributed by atoms with Crippen molar-refractivity contribution < 1.29 is 0 Å². The van der Waals surface area contributed by atoms with Gasteiger partial charge in [0.15, 0.2) is 0 Å². The van der Waals surface area contributed by atoms with Gasteiger partial charge in [-0.2, -0.15) is 0 Å². The first-order valence-electron chi connectivity index (χ1n) is 7.03. The molecule has 94 valence electrons. The minimum absolute atomic E-state index is 0.495. The third-order valence-electron chi connectivity index (χ3n) is 3.88. The van der Waals surface area contributed by atoms with Gasteiger partial charge < -0.3 is 5.32 Å². The minimum atomic E-state index is 0.495. The van der Waals surface area contributed by atoms with Crippen LogP contribution in [0, 0.1) is 5.92 Å². The third-order valence-corrected chi connectivity index (χ3v) is 3.88. The quantitative estimate of drug-likeness (QED) is 0.809. The molecular formula is C15H24N2. The number of rotatable bonds is 6. The standard InChI is InChI=1S/C15H24N2/c1-2-17-15(14-8-5-11-16-12-14)10-9-13-6-3-4-7-13/h5,8,11-13,15,17H,2-4,6-7,9-10H2,1H3. The van der Waals surface area contributed by atoms with Crippen molar-refractivity contribution in [3.63, 3.8) is 0 Å². The molecule has 0 saturated heterocycles. The third kappa shape index (κ3) is 3.81. The molecule has 0 aliphatic heterocycles. The second-order valence-corrected chi connectivity index (χ2v) is 5.12. The highest BCUT2D eigenvalue weighted by molar-refractivity contribution is 5.13. The zero-order chi connectivity index (χ0) is 11.9. The number of aromatic nitrogens is 1. The van der Waals surface area contributed by atoms with E-state index >= 15 is 0 Å². The maximum atomic E-state index is 4.23. The fraction of sp³-hybridized carbons (Fsp3) is 0.667. The molecule has 0 aromatic carbocycles. The van der Waals surface area contributed by atoms with Crippen molar-refractivity contribution in [1.82, 2.24) is 10.3 Å². The summed E-state index contributed by atoms with van der Waals surface area (Å²) in [5.74, 6) is 0.979. The Balaban J connectivity index is 1.88. The van der Waals surface area contributed by atoms with Crippen LogP contribution in [0.2, 0.25) is 0 Å². The smallest absolute Gasteiger partial charge is 0.0335 e. The van der Waals surface area contributed by atoms with Gasteiger partial charge in [0.25, 0.3) is 0 Å². The van der Waals surface area contributed by atoms with E-state index in [0.717, 1.165) is 12.5 Å². The van der Waals surface area contributed by atoms with Crippen LogP contribution in [0.4, 0.5) is 0 Å². The number of nitrogens with one attached hydrogen (secondary N) is 1. The molecule has 1 aromatic heterocycles. The van der Waals surface area contributed by atoms with E-state index in [2.05, 4.69) is 23.3 Å². The zero-order valence-corrected chi connectivity index (χ0v) is 10.9. The lowest BCUT2D eigenvalue weighted by atomic mass is 9.95. The summed E-state index contributed by atoms with van der Waals surface area (Å²) < 4.78 is 0. The van der Waals surface area contributed by atoms with Crippen molar-refractivity contribution in [2.75, 3.05) is 6.54 Å². The fourth-order valence-electron chi connectivity index (χ4n) is 2.92. The Labute approximate surface area is 105 Å². The number of nitrogens with zero attached hydrogens (tertiary/aromatic N) is 1. The van der Waals surface area contributed by atoms with Gasteiger partial charge >= 0.3 is 0 Å². The SMILES string of the molecule is CCNC(CCC1CCCC1)c1cccnc1. The van der Waals surface area contributed by atoms with Gasteiger partial charge in [0.2, 0.25) is 0 Å². The minimum Gasteiger partial charge on any atom is -0.310 e. The molecule has 1 N–H and O–H groups in total. The van der Waals surface area contributed by atoms with E-state index in [-0.39, 0.29) is 0 Å².